The fourth-order valence-corrected chi connectivity index (χ4v) is 1.47. The molecule has 0 atom stereocenters. The maximum absolute atomic E-state index is 10.7. The van der Waals surface area contributed by atoms with Gasteiger partial charge in [-0.2, -0.15) is 8.42 Å². The van der Waals surface area contributed by atoms with Gasteiger partial charge >= 0.3 is 8.26 Å². The van der Waals surface area contributed by atoms with Crippen LogP contribution < -0.4 is 0 Å². The summed E-state index contributed by atoms with van der Waals surface area (Å²) in [6.45, 7) is 1.88. The maximum atomic E-state index is 10.7. The lowest BCUT2D eigenvalue weighted by molar-refractivity contribution is 0.609. The Balaban J connectivity index is 0.000000385. The number of hydrogen-bond donors (Lipinski definition) is 0. The zero-order valence-corrected chi connectivity index (χ0v) is 11.8. The molecule has 0 saturated carbocycles. The van der Waals surface area contributed by atoms with Crippen molar-refractivity contribution in [1.29, 1.82) is 0 Å². The van der Waals surface area contributed by atoms with E-state index in [1.807, 2.05) is 6.92 Å². The van der Waals surface area contributed by atoms with Crippen LogP contribution >= 0.6 is 32.0 Å². The van der Waals surface area contributed by atoms with Crippen molar-refractivity contribution in [2.24, 2.45) is 0 Å². The molecule has 0 N–H and O–H groups in total. The van der Waals surface area contributed by atoms with Crippen molar-refractivity contribution < 1.29 is 16.8 Å². The molecular weight excluding hydrogens is 319 g/mol. The summed E-state index contributed by atoms with van der Waals surface area (Å²) in [7, 11) is 6.35. The molecule has 0 unspecified atom stereocenters. The third-order valence-electron chi connectivity index (χ3n) is 1.30. The quantitative estimate of drug-likeness (QED) is 0.744. The van der Waals surface area contributed by atoms with Crippen LogP contribution in [0, 0.1) is 6.92 Å². The van der Waals surface area contributed by atoms with Crippen molar-refractivity contribution in [3.63, 3.8) is 0 Å². The van der Waals surface area contributed by atoms with E-state index < -0.39 is 17.3 Å². The average molecular weight is 326 g/mol. The third-order valence-corrected chi connectivity index (χ3v) is 2.67. The van der Waals surface area contributed by atoms with Gasteiger partial charge in [-0.25, -0.2) is 8.42 Å². The molecule has 0 aromatic heterocycles. The number of halogens is 3. The highest BCUT2D eigenvalue weighted by molar-refractivity contribution is 8.31. The zero-order chi connectivity index (χ0) is 13.0. The largest absolute Gasteiger partial charge is 0.317 e. The van der Waals surface area contributed by atoms with Gasteiger partial charge in [0.25, 0.3) is 9.05 Å². The molecule has 0 aliphatic carbocycles. The van der Waals surface area contributed by atoms with Gasteiger partial charge in [-0.3, -0.25) is 0 Å². The number of aryl methyl sites for hydroxylation is 1. The van der Waals surface area contributed by atoms with Crippen molar-refractivity contribution >= 4 is 49.4 Å². The molecular formula is C7H7Cl3O4S2. The summed E-state index contributed by atoms with van der Waals surface area (Å²) in [5.74, 6) is 0. The highest BCUT2D eigenvalue weighted by Gasteiger charge is 2.07. The molecule has 1 aromatic carbocycles. The van der Waals surface area contributed by atoms with Gasteiger partial charge in [0.2, 0.25) is 0 Å². The Morgan fingerprint density at radius 3 is 1.44 bits per heavy atom. The fraction of sp³-hybridized carbons (Fsp3) is 0.143. The van der Waals surface area contributed by atoms with Gasteiger partial charge in [0.15, 0.2) is 0 Å². The molecule has 92 valence electrons. The van der Waals surface area contributed by atoms with Crippen molar-refractivity contribution in [2.75, 3.05) is 0 Å². The predicted octanol–water partition coefficient (Wildman–Crippen LogP) is 2.63. The molecule has 0 amide bonds. The van der Waals surface area contributed by atoms with E-state index in [1.54, 1.807) is 12.1 Å². The van der Waals surface area contributed by atoms with Gasteiger partial charge in [0, 0.05) is 32.0 Å². The lowest BCUT2D eigenvalue weighted by Crippen LogP contribution is -1.89. The normalized spacial score (nSPS) is 11.5. The lowest BCUT2D eigenvalue weighted by Gasteiger charge is -1.94. The van der Waals surface area contributed by atoms with Crippen LogP contribution in [0.4, 0.5) is 0 Å². The molecule has 1 rings (SSSR count). The summed E-state index contributed by atoms with van der Waals surface area (Å²) in [5, 5.41) is 0. The summed E-state index contributed by atoms with van der Waals surface area (Å²) >= 11 is 0. The second-order valence-corrected chi connectivity index (χ2v) is 8.86. The van der Waals surface area contributed by atoms with Gasteiger partial charge in [-0.05, 0) is 19.1 Å². The van der Waals surface area contributed by atoms with Crippen LogP contribution in [0.1, 0.15) is 5.56 Å². The van der Waals surface area contributed by atoms with Crippen LogP contribution in [0.25, 0.3) is 0 Å². The molecule has 0 heterocycles. The Morgan fingerprint density at radius 2 is 1.19 bits per heavy atom. The van der Waals surface area contributed by atoms with E-state index in [-0.39, 0.29) is 4.90 Å². The third kappa shape index (κ3) is 9.23. The Kier molecular flexibility index (Phi) is 6.06. The van der Waals surface area contributed by atoms with E-state index in [0.29, 0.717) is 0 Å². The SMILES string of the molecule is Cc1ccc(S(=O)(=O)Cl)cc1.O=S(=O)(Cl)Cl. The minimum absolute atomic E-state index is 0.143. The van der Waals surface area contributed by atoms with Crippen molar-refractivity contribution in [3.05, 3.63) is 29.8 Å². The molecule has 0 radical (unpaired) electrons. The van der Waals surface area contributed by atoms with E-state index in [0.717, 1.165) is 5.56 Å². The molecule has 0 bridgehead atoms. The van der Waals surface area contributed by atoms with Gasteiger partial charge in [0.1, 0.15) is 0 Å². The molecule has 0 aliphatic heterocycles. The Labute approximate surface area is 107 Å². The summed E-state index contributed by atoms with van der Waals surface area (Å²) in [5.41, 5.74) is 1.01. The second kappa shape index (κ2) is 6.07. The minimum Gasteiger partial charge on any atom is -0.207 e. The first-order valence-corrected chi connectivity index (χ1v) is 9.10. The summed E-state index contributed by atoms with van der Waals surface area (Å²) in [6.07, 6.45) is 0. The molecule has 9 heteroatoms. The first kappa shape index (κ1) is 16.0. The van der Waals surface area contributed by atoms with Crippen molar-refractivity contribution in [1.82, 2.24) is 0 Å². The molecule has 0 fully saturated rings. The predicted molar refractivity (Wildman–Crippen MR) is 64.8 cm³/mol. The standard InChI is InChI=1S/C7H7ClO2S.Cl2O2S/c1-6-2-4-7(5-3-6)11(8,9)10;1-5(2,3)4/h2-5H,1H3;. The number of hydrogen-bond acceptors (Lipinski definition) is 4. The molecule has 0 saturated heterocycles. The van der Waals surface area contributed by atoms with Crippen LogP contribution in [-0.2, 0) is 17.3 Å². The topological polar surface area (TPSA) is 68.3 Å². The summed E-state index contributed by atoms with van der Waals surface area (Å²) < 4.78 is 39.7. The lowest BCUT2D eigenvalue weighted by atomic mass is 10.2. The fourth-order valence-electron chi connectivity index (χ4n) is 0.701. The Bertz CT molecular complexity index is 525. The zero-order valence-electron chi connectivity index (χ0n) is 7.89. The van der Waals surface area contributed by atoms with Gasteiger partial charge < -0.3 is 0 Å². The van der Waals surface area contributed by atoms with Crippen LogP contribution in [0.2, 0.25) is 0 Å². The van der Waals surface area contributed by atoms with Crippen LogP contribution in [-0.4, -0.2) is 16.8 Å². The summed E-state index contributed by atoms with van der Waals surface area (Å²) in [4.78, 5) is 0.143. The monoisotopic (exact) mass is 324 g/mol. The highest BCUT2D eigenvalue weighted by atomic mass is 36.0. The first-order valence-electron chi connectivity index (χ1n) is 3.66. The highest BCUT2D eigenvalue weighted by Crippen LogP contribution is 2.14. The first-order chi connectivity index (χ1) is 7.00. The van der Waals surface area contributed by atoms with E-state index in [2.05, 4.69) is 21.4 Å². The minimum atomic E-state index is -3.72. The smallest absolute Gasteiger partial charge is 0.207 e. The van der Waals surface area contributed by atoms with Crippen LogP contribution in [0.5, 0.6) is 0 Å². The van der Waals surface area contributed by atoms with E-state index in [4.69, 9.17) is 19.1 Å². The molecule has 16 heavy (non-hydrogen) atoms. The molecule has 0 aliphatic rings. The van der Waals surface area contributed by atoms with Crippen LogP contribution in [0.3, 0.4) is 0 Å². The molecule has 4 nitrogen and oxygen atoms in total. The van der Waals surface area contributed by atoms with Gasteiger partial charge in [-0.15, -0.1) is 0 Å². The average Bonchev–Trinajstić information content (AvgIpc) is 1.99. The van der Waals surface area contributed by atoms with Crippen molar-refractivity contribution in [2.45, 2.75) is 11.8 Å². The van der Waals surface area contributed by atoms with E-state index >= 15 is 0 Å². The Morgan fingerprint density at radius 1 is 0.875 bits per heavy atom. The number of benzene rings is 1. The number of rotatable bonds is 1. The maximum Gasteiger partial charge on any atom is 0.317 e. The Hall–Kier alpha value is -0.0100. The van der Waals surface area contributed by atoms with Crippen LogP contribution in [0.15, 0.2) is 29.2 Å². The molecule has 1 aromatic rings. The van der Waals surface area contributed by atoms with E-state index in [1.165, 1.54) is 12.1 Å². The second-order valence-electron chi connectivity index (χ2n) is 2.63. The van der Waals surface area contributed by atoms with Crippen molar-refractivity contribution in [3.8, 4) is 0 Å². The van der Waals surface area contributed by atoms with Gasteiger partial charge in [0.05, 0.1) is 4.90 Å². The van der Waals surface area contributed by atoms with Gasteiger partial charge in [-0.1, -0.05) is 17.7 Å². The van der Waals surface area contributed by atoms with E-state index in [9.17, 15) is 8.42 Å². The molecule has 0 spiro atoms. The summed E-state index contributed by atoms with van der Waals surface area (Å²) in [6, 6.07) is 6.37.